The number of alkyl halides is 3. The van der Waals surface area contributed by atoms with E-state index in [0.717, 1.165) is 18.3 Å². The summed E-state index contributed by atoms with van der Waals surface area (Å²) in [5.41, 5.74) is 4.75. The predicted octanol–water partition coefficient (Wildman–Crippen LogP) is 2.82. The molecule has 0 fully saturated rings. The van der Waals surface area contributed by atoms with Gasteiger partial charge in [0.15, 0.2) is 0 Å². The van der Waals surface area contributed by atoms with Crippen molar-refractivity contribution >= 4 is 0 Å². The Hall–Kier alpha value is -1.65. The molecule has 0 heterocycles. The second-order valence-electron chi connectivity index (χ2n) is 2.92. The summed E-state index contributed by atoms with van der Waals surface area (Å²) in [5, 5.41) is 0. The molecule has 0 unspecified atom stereocenters. The van der Waals surface area contributed by atoms with Crippen LogP contribution in [-0.2, 0) is 6.18 Å². The standard InChI is InChI=1S/C10H10F3NO/c1-7-6-8(10(11,12)13)2-3-9(7)15-5-4-14/h2-6H,14H2,1H3/b5-4+. The van der Waals surface area contributed by atoms with Gasteiger partial charge in [-0.3, -0.25) is 0 Å². The number of nitrogens with two attached hydrogens (primary N) is 1. The lowest BCUT2D eigenvalue weighted by atomic mass is 10.1. The van der Waals surface area contributed by atoms with E-state index in [0.29, 0.717) is 11.3 Å². The minimum atomic E-state index is -4.33. The van der Waals surface area contributed by atoms with Crippen molar-refractivity contribution in [2.24, 2.45) is 5.73 Å². The first-order valence-corrected chi connectivity index (χ1v) is 4.16. The van der Waals surface area contributed by atoms with Gasteiger partial charge in [0, 0.05) is 6.20 Å². The van der Waals surface area contributed by atoms with Gasteiger partial charge in [-0.1, -0.05) is 0 Å². The first-order valence-electron chi connectivity index (χ1n) is 4.16. The molecule has 0 aromatic heterocycles. The number of rotatable bonds is 2. The van der Waals surface area contributed by atoms with Crippen molar-refractivity contribution in [3.8, 4) is 5.75 Å². The fraction of sp³-hybridized carbons (Fsp3) is 0.200. The molecule has 0 atom stereocenters. The van der Waals surface area contributed by atoms with E-state index in [9.17, 15) is 13.2 Å². The average molecular weight is 217 g/mol. The maximum Gasteiger partial charge on any atom is 0.416 e. The molecule has 0 radical (unpaired) electrons. The van der Waals surface area contributed by atoms with Crippen molar-refractivity contribution in [1.29, 1.82) is 0 Å². The van der Waals surface area contributed by atoms with Crippen molar-refractivity contribution in [2.75, 3.05) is 0 Å². The lowest BCUT2D eigenvalue weighted by Crippen LogP contribution is -2.05. The van der Waals surface area contributed by atoms with Crippen LogP contribution in [0.4, 0.5) is 13.2 Å². The van der Waals surface area contributed by atoms with Crippen molar-refractivity contribution in [3.63, 3.8) is 0 Å². The van der Waals surface area contributed by atoms with Gasteiger partial charge in [-0.2, -0.15) is 13.2 Å². The quantitative estimate of drug-likeness (QED) is 0.773. The van der Waals surface area contributed by atoms with Gasteiger partial charge in [0.05, 0.1) is 5.56 Å². The predicted molar refractivity (Wildman–Crippen MR) is 50.1 cm³/mol. The van der Waals surface area contributed by atoms with Gasteiger partial charge in [-0.05, 0) is 30.7 Å². The fourth-order valence-corrected chi connectivity index (χ4v) is 1.07. The molecule has 1 aromatic carbocycles. The summed E-state index contributed by atoms with van der Waals surface area (Å²) in [6.45, 7) is 1.54. The SMILES string of the molecule is Cc1cc(C(F)(F)F)ccc1O/C=C/N. The molecule has 0 aliphatic rings. The molecular formula is C10H10F3NO. The zero-order valence-corrected chi connectivity index (χ0v) is 8.01. The minimum absolute atomic E-state index is 0.352. The number of halogens is 3. The van der Waals surface area contributed by atoms with Crippen LogP contribution in [0.25, 0.3) is 0 Å². The highest BCUT2D eigenvalue weighted by Gasteiger charge is 2.30. The van der Waals surface area contributed by atoms with Crippen LogP contribution in [0.1, 0.15) is 11.1 Å². The third-order valence-corrected chi connectivity index (χ3v) is 1.78. The monoisotopic (exact) mass is 217 g/mol. The molecule has 0 saturated carbocycles. The summed E-state index contributed by atoms with van der Waals surface area (Å²) >= 11 is 0. The van der Waals surface area contributed by atoms with Gasteiger partial charge < -0.3 is 10.5 Å². The number of aryl methyl sites for hydroxylation is 1. The Kier molecular flexibility index (Phi) is 3.24. The summed E-state index contributed by atoms with van der Waals surface area (Å²) < 4.78 is 41.8. The van der Waals surface area contributed by atoms with Gasteiger partial charge in [-0.15, -0.1) is 0 Å². The summed E-state index contributed by atoms with van der Waals surface area (Å²) in [5.74, 6) is 0.352. The van der Waals surface area contributed by atoms with Gasteiger partial charge in [0.2, 0.25) is 0 Å². The van der Waals surface area contributed by atoms with E-state index < -0.39 is 11.7 Å². The molecule has 0 bridgehead atoms. The Morgan fingerprint density at radius 3 is 2.47 bits per heavy atom. The van der Waals surface area contributed by atoms with Gasteiger partial charge in [-0.25, -0.2) is 0 Å². The van der Waals surface area contributed by atoms with Crippen molar-refractivity contribution in [1.82, 2.24) is 0 Å². The molecular weight excluding hydrogens is 207 g/mol. The van der Waals surface area contributed by atoms with E-state index in [2.05, 4.69) is 0 Å². The number of hydrogen-bond donors (Lipinski definition) is 1. The van der Waals surface area contributed by atoms with Crippen LogP contribution in [-0.4, -0.2) is 0 Å². The largest absolute Gasteiger partial charge is 0.463 e. The minimum Gasteiger partial charge on any atom is -0.463 e. The number of ether oxygens (including phenoxy) is 1. The summed E-state index contributed by atoms with van der Waals surface area (Å²) in [7, 11) is 0. The third-order valence-electron chi connectivity index (χ3n) is 1.78. The Morgan fingerprint density at radius 1 is 1.33 bits per heavy atom. The smallest absolute Gasteiger partial charge is 0.416 e. The zero-order valence-electron chi connectivity index (χ0n) is 8.01. The molecule has 0 aliphatic heterocycles. The maximum absolute atomic E-state index is 12.3. The van der Waals surface area contributed by atoms with Crippen molar-refractivity contribution in [3.05, 3.63) is 41.8 Å². The molecule has 5 heteroatoms. The second-order valence-corrected chi connectivity index (χ2v) is 2.92. The van der Waals surface area contributed by atoms with Crippen LogP contribution in [0.5, 0.6) is 5.75 Å². The molecule has 2 N–H and O–H groups in total. The van der Waals surface area contributed by atoms with Gasteiger partial charge in [0.25, 0.3) is 0 Å². The summed E-state index contributed by atoms with van der Waals surface area (Å²) in [6, 6.07) is 3.25. The van der Waals surface area contributed by atoms with Crippen molar-refractivity contribution < 1.29 is 17.9 Å². The molecule has 1 aromatic rings. The highest BCUT2D eigenvalue weighted by molar-refractivity contribution is 5.37. The molecule has 82 valence electrons. The number of benzene rings is 1. The molecule has 0 aliphatic carbocycles. The normalized spacial score (nSPS) is 12.0. The molecule has 0 saturated heterocycles. The van der Waals surface area contributed by atoms with Crippen LogP contribution in [0.3, 0.4) is 0 Å². The van der Waals surface area contributed by atoms with Crippen LogP contribution in [0.15, 0.2) is 30.7 Å². The van der Waals surface area contributed by atoms with Gasteiger partial charge in [0.1, 0.15) is 12.0 Å². The third kappa shape index (κ3) is 2.90. The van der Waals surface area contributed by atoms with Crippen LogP contribution in [0, 0.1) is 6.92 Å². The molecule has 15 heavy (non-hydrogen) atoms. The van der Waals surface area contributed by atoms with E-state index >= 15 is 0 Å². The van der Waals surface area contributed by atoms with E-state index in [4.69, 9.17) is 10.5 Å². The molecule has 1 rings (SSSR count). The number of hydrogen-bond acceptors (Lipinski definition) is 2. The highest BCUT2D eigenvalue weighted by atomic mass is 19.4. The summed E-state index contributed by atoms with van der Waals surface area (Å²) in [6.07, 6.45) is -1.96. The second kappa shape index (κ2) is 4.25. The van der Waals surface area contributed by atoms with Gasteiger partial charge >= 0.3 is 6.18 Å². The molecule has 0 spiro atoms. The Bertz CT molecular complexity index is 371. The Balaban J connectivity index is 2.98. The Labute approximate surface area is 85.2 Å². The lowest BCUT2D eigenvalue weighted by Gasteiger charge is -2.09. The zero-order chi connectivity index (χ0) is 11.5. The Morgan fingerprint density at radius 2 is 2.00 bits per heavy atom. The van der Waals surface area contributed by atoms with Crippen LogP contribution < -0.4 is 10.5 Å². The summed E-state index contributed by atoms with van der Waals surface area (Å²) in [4.78, 5) is 0. The molecule has 2 nitrogen and oxygen atoms in total. The van der Waals surface area contributed by atoms with E-state index in [1.54, 1.807) is 0 Å². The first kappa shape index (κ1) is 11.4. The first-order chi connectivity index (χ1) is 6.95. The van der Waals surface area contributed by atoms with Crippen LogP contribution in [0.2, 0.25) is 0 Å². The average Bonchev–Trinajstić information content (AvgIpc) is 2.14. The molecule has 0 amide bonds. The van der Waals surface area contributed by atoms with Crippen molar-refractivity contribution in [2.45, 2.75) is 13.1 Å². The lowest BCUT2D eigenvalue weighted by molar-refractivity contribution is -0.137. The van der Waals surface area contributed by atoms with E-state index in [-0.39, 0.29) is 0 Å². The van der Waals surface area contributed by atoms with E-state index in [1.807, 2.05) is 0 Å². The maximum atomic E-state index is 12.3. The van der Waals surface area contributed by atoms with E-state index in [1.165, 1.54) is 19.3 Å². The highest BCUT2D eigenvalue weighted by Crippen LogP contribution is 2.32. The van der Waals surface area contributed by atoms with Crippen LogP contribution >= 0.6 is 0 Å². The topological polar surface area (TPSA) is 35.2 Å². The fourth-order valence-electron chi connectivity index (χ4n) is 1.07.